The SMILES string of the molecule is CC(=O)NC1C[C@@H](OC(C)=O)[C@H](OC(C)=O)[C@@H](COC(C)=O)O1. The number of carbonyl (C=O) groups is 4. The lowest BCUT2D eigenvalue weighted by Gasteiger charge is -2.40. The number of hydrogen-bond acceptors (Lipinski definition) is 8. The van der Waals surface area contributed by atoms with Gasteiger partial charge in [0.15, 0.2) is 6.10 Å². The first-order chi connectivity index (χ1) is 10.7. The topological polar surface area (TPSA) is 117 Å². The maximum Gasteiger partial charge on any atom is 0.303 e. The average Bonchev–Trinajstić information content (AvgIpc) is 2.37. The van der Waals surface area contributed by atoms with E-state index >= 15 is 0 Å². The Kier molecular flexibility index (Phi) is 6.95. The fraction of sp³-hybridized carbons (Fsp3) is 0.714. The molecule has 0 saturated carbocycles. The van der Waals surface area contributed by atoms with Gasteiger partial charge in [0.25, 0.3) is 0 Å². The molecule has 1 N–H and O–H groups in total. The summed E-state index contributed by atoms with van der Waals surface area (Å²) in [6.07, 6.45) is -3.31. The smallest absolute Gasteiger partial charge is 0.303 e. The summed E-state index contributed by atoms with van der Waals surface area (Å²) in [6, 6.07) is 0. The van der Waals surface area contributed by atoms with E-state index in [1.807, 2.05) is 0 Å². The van der Waals surface area contributed by atoms with Gasteiger partial charge >= 0.3 is 17.9 Å². The van der Waals surface area contributed by atoms with Crippen LogP contribution in [0, 0.1) is 0 Å². The zero-order valence-corrected chi connectivity index (χ0v) is 13.5. The largest absolute Gasteiger partial charge is 0.463 e. The van der Waals surface area contributed by atoms with Gasteiger partial charge in [-0.15, -0.1) is 0 Å². The van der Waals surface area contributed by atoms with Crippen molar-refractivity contribution in [2.75, 3.05) is 6.61 Å². The van der Waals surface area contributed by atoms with Gasteiger partial charge in [-0.25, -0.2) is 0 Å². The molecular weight excluding hydrogens is 310 g/mol. The van der Waals surface area contributed by atoms with E-state index < -0.39 is 42.4 Å². The van der Waals surface area contributed by atoms with Crippen molar-refractivity contribution < 1.29 is 38.1 Å². The zero-order valence-electron chi connectivity index (χ0n) is 13.5. The van der Waals surface area contributed by atoms with Gasteiger partial charge in [-0.2, -0.15) is 0 Å². The van der Waals surface area contributed by atoms with E-state index in [9.17, 15) is 19.2 Å². The summed E-state index contributed by atoms with van der Waals surface area (Å²) in [5.41, 5.74) is 0. The van der Waals surface area contributed by atoms with Crippen LogP contribution in [0.3, 0.4) is 0 Å². The summed E-state index contributed by atoms with van der Waals surface area (Å²) in [5, 5.41) is 2.54. The van der Waals surface area contributed by atoms with E-state index in [0.29, 0.717) is 0 Å². The summed E-state index contributed by atoms with van der Waals surface area (Å²) in [5.74, 6) is -2.04. The minimum atomic E-state index is -0.944. The number of ether oxygens (including phenoxy) is 4. The van der Waals surface area contributed by atoms with Crippen molar-refractivity contribution in [3.05, 3.63) is 0 Å². The molecule has 1 amide bonds. The second-order valence-electron chi connectivity index (χ2n) is 5.12. The molecule has 1 heterocycles. The molecule has 23 heavy (non-hydrogen) atoms. The van der Waals surface area contributed by atoms with Crippen LogP contribution >= 0.6 is 0 Å². The van der Waals surface area contributed by atoms with Gasteiger partial charge < -0.3 is 24.3 Å². The molecule has 1 aliphatic rings. The zero-order chi connectivity index (χ0) is 17.6. The molecule has 0 bridgehead atoms. The molecule has 1 aliphatic heterocycles. The summed E-state index contributed by atoms with van der Waals surface area (Å²) in [7, 11) is 0. The predicted octanol–water partition coefficient (Wildman–Crippen LogP) is -0.336. The van der Waals surface area contributed by atoms with Gasteiger partial charge in [-0.05, 0) is 0 Å². The van der Waals surface area contributed by atoms with Crippen LogP contribution in [0.1, 0.15) is 34.1 Å². The molecular formula is C14H21NO8. The van der Waals surface area contributed by atoms with Crippen LogP contribution in [-0.4, -0.2) is 55.0 Å². The van der Waals surface area contributed by atoms with E-state index in [1.165, 1.54) is 27.7 Å². The second-order valence-corrected chi connectivity index (χ2v) is 5.12. The van der Waals surface area contributed by atoms with Crippen LogP contribution in [0.5, 0.6) is 0 Å². The first-order valence-corrected chi connectivity index (χ1v) is 7.09. The van der Waals surface area contributed by atoms with Gasteiger partial charge in [0.1, 0.15) is 25.0 Å². The lowest BCUT2D eigenvalue weighted by atomic mass is 10.00. The van der Waals surface area contributed by atoms with Crippen molar-refractivity contribution in [1.29, 1.82) is 0 Å². The predicted molar refractivity (Wildman–Crippen MR) is 74.8 cm³/mol. The van der Waals surface area contributed by atoms with E-state index in [0.717, 1.165) is 0 Å². The minimum absolute atomic E-state index is 0.105. The number of hydrogen-bond donors (Lipinski definition) is 1. The van der Waals surface area contributed by atoms with E-state index in [1.54, 1.807) is 0 Å². The molecule has 1 fully saturated rings. The van der Waals surface area contributed by atoms with Crippen molar-refractivity contribution in [1.82, 2.24) is 5.32 Å². The van der Waals surface area contributed by atoms with Crippen LogP contribution in [0.2, 0.25) is 0 Å². The first-order valence-electron chi connectivity index (χ1n) is 7.09. The van der Waals surface area contributed by atoms with Gasteiger partial charge in [0.2, 0.25) is 5.91 Å². The van der Waals surface area contributed by atoms with Crippen molar-refractivity contribution >= 4 is 23.8 Å². The Labute approximate surface area is 133 Å². The Balaban J connectivity index is 2.94. The maximum absolute atomic E-state index is 11.3. The van der Waals surface area contributed by atoms with Crippen LogP contribution in [0.25, 0.3) is 0 Å². The summed E-state index contributed by atoms with van der Waals surface area (Å²) in [4.78, 5) is 44.8. The van der Waals surface area contributed by atoms with E-state index in [4.69, 9.17) is 18.9 Å². The number of carbonyl (C=O) groups excluding carboxylic acids is 4. The Hall–Kier alpha value is -2.16. The summed E-state index contributed by atoms with van der Waals surface area (Å²) < 4.78 is 20.8. The monoisotopic (exact) mass is 331 g/mol. The molecule has 1 saturated heterocycles. The summed E-state index contributed by atoms with van der Waals surface area (Å²) >= 11 is 0. The highest BCUT2D eigenvalue weighted by Crippen LogP contribution is 2.25. The molecule has 0 spiro atoms. The maximum atomic E-state index is 11.3. The molecule has 4 atom stereocenters. The van der Waals surface area contributed by atoms with Crippen LogP contribution in [0.15, 0.2) is 0 Å². The van der Waals surface area contributed by atoms with Gasteiger partial charge in [0, 0.05) is 34.1 Å². The lowest BCUT2D eigenvalue weighted by molar-refractivity contribution is -0.218. The third kappa shape index (κ3) is 6.64. The van der Waals surface area contributed by atoms with Gasteiger partial charge in [-0.1, -0.05) is 0 Å². The van der Waals surface area contributed by atoms with E-state index in [2.05, 4.69) is 5.32 Å². The second kappa shape index (κ2) is 8.47. The van der Waals surface area contributed by atoms with Crippen LogP contribution < -0.4 is 5.32 Å². The van der Waals surface area contributed by atoms with Crippen molar-refractivity contribution in [3.63, 3.8) is 0 Å². The Morgan fingerprint density at radius 3 is 2.09 bits per heavy atom. The number of nitrogens with one attached hydrogen (secondary N) is 1. The van der Waals surface area contributed by atoms with Crippen molar-refractivity contribution in [2.45, 2.75) is 58.7 Å². The van der Waals surface area contributed by atoms with Crippen LogP contribution in [-0.2, 0) is 38.1 Å². The molecule has 9 nitrogen and oxygen atoms in total. The number of rotatable bonds is 5. The highest BCUT2D eigenvalue weighted by molar-refractivity contribution is 5.73. The molecule has 0 aromatic rings. The van der Waals surface area contributed by atoms with E-state index in [-0.39, 0.29) is 18.9 Å². The van der Waals surface area contributed by atoms with Crippen molar-refractivity contribution in [3.8, 4) is 0 Å². The average molecular weight is 331 g/mol. The highest BCUT2D eigenvalue weighted by atomic mass is 16.6. The molecule has 0 aliphatic carbocycles. The fourth-order valence-corrected chi connectivity index (χ4v) is 2.25. The molecule has 1 rings (SSSR count). The normalized spacial score (nSPS) is 26.8. The molecule has 0 aromatic heterocycles. The lowest BCUT2D eigenvalue weighted by Crippen LogP contribution is -2.57. The third-order valence-electron chi connectivity index (χ3n) is 2.95. The number of esters is 3. The Morgan fingerprint density at radius 2 is 1.61 bits per heavy atom. The highest BCUT2D eigenvalue weighted by Gasteiger charge is 2.43. The Bertz CT molecular complexity index is 477. The summed E-state index contributed by atoms with van der Waals surface area (Å²) in [6.45, 7) is 4.74. The number of amides is 1. The van der Waals surface area contributed by atoms with Gasteiger partial charge in [0.05, 0.1) is 0 Å². The fourth-order valence-electron chi connectivity index (χ4n) is 2.25. The molecule has 130 valence electrons. The first kappa shape index (κ1) is 18.9. The molecule has 1 unspecified atom stereocenters. The molecule has 0 radical (unpaired) electrons. The quantitative estimate of drug-likeness (QED) is 0.537. The standard InChI is InChI=1S/C14H21NO8/c1-7(16)15-13-5-11(21-9(3)18)14(22-10(4)19)12(23-13)6-20-8(2)17/h11-14H,5-6H2,1-4H3,(H,15,16)/t11-,12-,13?,14+/m1/s1. The molecule has 0 aromatic carbocycles. The van der Waals surface area contributed by atoms with Gasteiger partial charge in [-0.3, -0.25) is 19.2 Å². The van der Waals surface area contributed by atoms with Crippen LogP contribution in [0.4, 0.5) is 0 Å². The third-order valence-corrected chi connectivity index (χ3v) is 2.95. The Morgan fingerprint density at radius 1 is 1.00 bits per heavy atom. The minimum Gasteiger partial charge on any atom is -0.463 e. The van der Waals surface area contributed by atoms with Crippen molar-refractivity contribution in [2.24, 2.45) is 0 Å². The molecule has 9 heteroatoms.